The number of benzene rings is 1. The van der Waals surface area contributed by atoms with E-state index in [0.717, 1.165) is 25.7 Å². The highest BCUT2D eigenvalue weighted by molar-refractivity contribution is 6.08. The highest BCUT2D eigenvalue weighted by Gasteiger charge is 2.30. The summed E-state index contributed by atoms with van der Waals surface area (Å²) in [6.45, 7) is 3.80. The number of H-pyrrole nitrogens is 1. The molecule has 3 N–H and O–H groups in total. The lowest BCUT2D eigenvalue weighted by Crippen LogP contribution is -2.39. The van der Waals surface area contributed by atoms with E-state index in [-0.39, 0.29) is 41.5 Å². The summed E-state index contributed by atoms with van der Waals surface area (Å²) in [5.41, 5.74) is 0.914. The molecule has 0 atom stereocenters. The molecular weight excluding hydrogens is 406 g/mol. The minimum atomic E-state index is -2.94. The van der Waals surface area contributed by atoms with Gasteiger partial charge in [-0.2, -0.15) is 13.9 Å². The molecule has 0 bridgehead atoms. The van der Waals surface area contributed by atoms with Crippen LogP contribution in [-0.4, -0.2) is 34.7 Å². The van der Waals surface area contributed by atoms with Gasteiger partial charge in [0.15, 0.2) is 0 Å². The Morgan fingerprint density at radius 3 is 2.35 bits per heavy atom. The average molecular weight is 437 g/mol. The molecule has 0 aliphatic heterocycles. The van der Waals surface area contributed by atoms with Gasteiger partial charge in [-0.3, -0.25) is 14.7 Å². The molecule has 2 aromatic rings. The zero-order chi connectivity index (χ0) is 22.6. The molecule has 170 valence electrons. The number of anilines is 1. The number of carbonyl (C=O) groups is 2. The minimum Gasteiger partial charge on any atom is -0.435 e. The highest BCUT2D eigenvalue weighted by atomic mass is 19.3. The third kappa shape index (κ3) is 6.02. The number of rotatable bonds is 6. The number of ether oxygens (including phenoxy) is 1. The first kappa shape index (κ1) is 22.7. The maximum Gasteiger partial charge on any atom is 0.387 e. The van der Waals surface area contributed by atoms with Gasteiger partial charge >= 0.3 is 6.61 Å². The van der Waals surface area contributed by atoms with Gasteiger partial charge in [0, 0.05) is 13.0 Å². The Kier molecular flexibility index (Phi) is 6.92. The number of hydrogen-bond donors (Lipinski definition) is 3. The van der Waals surface area contributed by atoms with Crippen molar-refractivity contribution in [1.29, 1.82) is 0 Å². The quantitative estimate of drug-likeness (QED) is 0.603. The SMILES string of the molecule is CC(C)(C)C1CCC(NC(=O)c2[nH]ncc2NC(=O)c2ccc(OC(F)F)cc2)CC1.[HH]. The number of hydrogen-bond acceptors (Lipinski definition) is 4. The van der Waals surface area contributed by atoms with Crippen molar-refractivity contribution >= 4 is 17.5 Å². The van der Waals surface area contributed by atoms with E-state index in [9.17, 15) is 18.4 Å². The number of carbonyl (C=O) groups excluding carboxylic acids is 2. The van der Waals surface area contributed by atoms with E-state index in [1.54, 1.807) is 0 Å². The van der Waals surface area contributed by atoms with Crippen molar-refractivity contribution in [2.75, 3.05) is 5.32 Å². The fraction of sp³-hybridized carbons (Fsp3) is 0.500. The molecule has 1 aromatic heterocycles. The van der Waals surface area contributed by atoms with Crippen LogP contribution in [0.25, 0.3) is 0 Å². The van der Waals surface area contributed by atoms with Crippen molar-refractivity contribution in [2.24, 2.45) is 11.3 Å². The predicted molar refractivity (Wildman–Crippen MR) is 114 cm³/mol. The molecule has 1 aliphatic carbocycles. The third-order valence-electron chi connectivity index (χ3n) is 5.74. The van der Waals surface area contributed by atoms with Crippen LogP contribution in [0.15, 0.2) is 30.5 Å². The molecule has 9 heteroatoms. The Labute approximate surface area is 181 Å². The second kappa shape index (κ2) is 9.45. The molecule has 1 aliphatic rings. The Hall–Kier alpha value is -2.97. The van der Waals surface area contributed by atoms with Gasteiger partial charge in [-0.15, -0.1) is 0 Å². The smallest absolute Gasteiger partial charge is 0.387 e. The van der Waals surface area contributed by atoms with Gasteiger partial charge in [0.1, 0.15) is 11.4 Å². The lowest BCUT2D eigenvalue weighted by atomic mass is 9.71. The predicted octanol–water partition coefficient (Wildman–Crippen LogP) is 4.84. The summed E-state index contributed by atoms with van der Waals surface area (Å²) in [6.07, 6.45) is 5.31. The van der Waals surface area contributed by atoms with Gasteiger partial charge in [0.05, 0.1) is 11.9 Å². The lowest BCUT2D eigenvalue weighted by Gasteiger charge is -2.37. The van der Waals surface area contributed by atoms with Crippen LogP contribution in [0, 0.1) is 11.3 Å². The number of amides is 2. The Bertz CT molecular complexity index is 905. The van der Waals surface area contributed by atoms with Crippen molar-refractivity contribution < 1.29 is 24.5 Å². The zero-order valence-corrected chi connectivity index (χ0v) is 17.9. The van der Waals surface area contributed by atoms with E-state index >= 15 is 0 Å². The van der Waals surface area contributed by atoms with E-state index in [1.807, 2.05) is 0 Å². The number of halogens is 2. The molecule has 31 heavy (non-hydrogen) atoms. The van der Waals surface area contributed by atoms with Gasteiger partial charge < -0.3 is 15.4 Å². The Morgan fingerprint density at radius 1 is 1.13 bits per heavy atom. The third-order valence-corrected chi connectivity index (χ3v) is 5.74. The second-order valence-electron chi connectivity index (χ2n) is 8.90. The molecule has 3 rings (SSSR count). The molecule has 7 nitrogen and oxygen atoms in total. The van der Waals surface area contributed by atoms with Crippen LogP contribution in [0.4, 0.5) is 14.5 Å². The average Bonchev–Trinajstić information content (AvgIpc) is 3.16. The van der Waals surface area contributed by atoms with Crippen LogP contribution in [0.3, 0.4) is 0 Å². The van der Waals surface area contributed by atoms with Crippen LogP contribution < -0.4 is 15.4 Å². The Morgan fingerprint density at radius 2 is 1.77 bits per heavy atom. The molecular formula is C22H30F2N4O3. The van der Waals surface area contributed by atoms with Crippen LogP contribution in [-0.2, 0) is 0 Å². The summed E-state index contributed by atoms with van der Waals surface area (Å²) in [5.74, 6) is -0.228. The molecule has 0 radical (unpaired) electrons. The minimum absolute atomic E-state index is 0. The van der Waals surface area contributed by atoms with E-state index < -0.39 is 12.5 Å². The summed E-state index contributed by atoms with van der Waals surface area (Å²) < 4.78 is 28.8. The lowest BCUT2D eigenvalue weighted by molar-refractivity contribution is -0.0498. The first-order chi connectivity index (χ1) is 14.6. The van der Waals surface area contributed by atoms with Crippen molar-refractivity contribution in [2.45, 2.75) is 59.1 Å². The molecule has 0 spiro atoms. The van der Waals surface area contributed by atoms with Gasteiger partial charge in [-0.25, -0.2) is 0 Å². The molecule has 0 saturated heterocycles. The van der Waals surface area contributed by atoms with E-state index in [0.29, 0.717) is 5.92 Å². The largest absolute Gasteiger partial charge is 0.435 e. The fourth-order valence-electron chi connectivity index (χ4n) is 3.90. The van der Waals surface area contributed by atoms with E-state index in [4.69, 9.17) is 0 Å². The molecule has 2 amide bonds. The first-order valence-corrected chi connectivity index (χ1v) is 10.3. The second-order valence-corrected chi connectivity index (χ2v) is 8.90. The van der Waals surface area contributed by atoms with Crippen molar-refractivity contribution in [3.63, 3.8) is 0 Å². The van der Waals surface area contributed by atoms with Gasteiger partial charge in [0.2, 0.25) is 0 Å². The number of aromatic amines is 1. The van der Waals surface area contributed by atoms with Gasteiger partial charge in [0.25, 0.3) is 11.8 Å². The van der Waals surface area contributed by atoms with E-state index in [1.165, 1.54) is 30.5 Å². The van der Waals surface area contributed by atoms with Gasteiger partial charge in [-0.05, 0) is 61.3 Å². The fourth-order valence-corrected chi connectivity index (χ4v) is 3.90. The highest BCUT2D eigenvalue weighted by Crippen LogP contribution is 2.37. The number of nitrogens with zero attached hydrogens (tertiary/aromatic N) is 1. The zero-order valence-electron chi connectivity index (χ0n) is 17.9. The van der Waals surface area contributed by atoms with Crippen LogP contribution in [0.1, 0.15) is 68.7 Å². The summed E-state index contributed by atoms with van der Waals surface area (Å²) in [7, 11) is 0. The number of alkyl halides is 2. The Balaban J connectivity index is 0.00000363. The normalized spacial score (nSPS) is 19.2. The van der Waals surface area contributed by atoms with Crippen LogP contribution in [0.5, 0.6) is 5.75 Å². The molecule has 1 saturated carbocycles. The van der Waals surface area contributed by atoms with E-state index in [2.05, 4.69) is 46.3 Å². The van der Waals surface area contributed by atoms with Gasteiger partial charge in [-0.1, -0.05) is 20.8 Å². The summed E-state index contributed by atoms with van der Waals surface area (Å²) >= 11 is 0. The maximum atomic E-state index is 12.7. The molecule has 0 unspecified atom stereocenters. The summed E-state index contributed by atoms with van der Waals surface area (Å²) in [5, 5.41) is 12.2. The maximum absolute atomic E-state index is 12.7. The molecule has 1 heterocycles. The first-order valence-electron chi connectivity index (χ1n) is 10.3. The van der Waals surface area contributed by atoms with Crippen molar-refractivity contribution in [3.8, 4) is 5.75 Å². The number of nitrogens with one attached hydrogen (secondary N) is 3. The summed E-state index contributed by atoms with van der Waals surface area (Å²) in [6, 6.07) is 5.36. The molecule has 1 aromatic carbocycles. The standard InChI is InChI=1S/C22H28F2N4O3.H2/c1-22(2,3)14-6-8-15(9-7-14)26-20(30)18-17(12-25-28-18)27-19(29)13-4-10-16(11-5-13)31-21(23)24;/h4-5,10-12,14-15,21H,6-9H2,1-3H3,(H,25,28)(H,26,30)(H,27,29);1H. The summed E-state index contributed by atoms with van der Waals surface area (Å²) in [4.78, 5) is 25.2. The van der Waals surface area contributed by atoms with Crippen molar-refractivity contribution in [3.05, 3.63) is 41.7 Å². The van der Waals surface area contributed by atoms with Crippen molar-refractivity contribution in [1.82, 2.24) is 15.5 Å². The van der Waals surface area contributed by atoms with Crippen LogP contribution >= 0.6 is 0 Å². The number of aromatic nitrogens is 2. The monoisotopic (exact) mass is 436 g/mol. The van der Waals surface area contributed by atoms with Crippen LogP contribution in [0.2, 0.25) is 0 Å². The topological polar surface area (TPSA) is 96.1 Å². The molecule has 1 fully saturated rings.